The van der Waals surface area contributed by atoms with Gasteiger partial charge < -0.3 is 20.7 Å². The number of amides is 2. The van der Waals surface area contributed by atoms with Crippen LogP contribution in [0, 0.1) is 5.82 Å². The highest BCUT2D eigenvalue weighted by Gasteiger charge is 2.34. The number of fused-ring (bicyclic) bond motifs is 1. The number of carbonyl (C=O) groups excluding carboxylic acids is 2. The normalized spacial score (nSPS) is 19.0. The third-order valence-corrected chi connectivity index (χ3v) is 5.02. The van der Waals surface area contributed by atoms with E-state index in [1.165, 1.54) is 12.1 Å². The summed E-state index contributed by atoms with van der Waals surface area (Å²) in [7, 11) is 0. The van der Waals surface area contributed by atoms with Crippen molar-refractivity contribution in [2.75, 3.05) is 6.54 Å². The topological polar surface area (TPSA) is 94.2 Å². The van der Waals surface area contributed by atoms with Gasteiger partial charge in [-0.15, -0.1) is 0 Å². The number of nitrogens with one attached hydrogen (secondary N) is 3. The molecule has 6 nitrogen and oxygen atoms in total. The van der Waals surface area contributed by atoms with Gasteiger partial charge in [-0.2, -0.15) is 0 Å². The number of rotatable bonds is 5. The standard InChI is InChI=1S/C21H20FN3O3/c22-13-7-5-12(6-8-13)19-15(14-3-1-2-4-16(14)24-19)9-10-18(27)25-20-17(26)11-23-21(20)28/h1-8,17,20,24,26H,9-11H2,(H,23,28)(H,25,27)/t17-,20-/m0/s1. The Hall–Kier alpha value is -3.19. The minimum atomic E-state index is -0.917. The molecule has 0 radical (unpaired) electrons. The second kappa shape index (κ2) is 7.44. The van der Waals surface area contributed by atoms with Crippen LogP contribution in [0.25, 0.3) is 22.2 Å². The van der Waals surface area contributed by atoms with Gasteiger partial charge >= 0.3 is 0 Å². The average molecular weight is 381 g/mol. The fourth-order valence-electron chi connectivity index (χ4n) is 3.58. The lowest BCUT2D eigenvalue weighted by Gasteiger charge is -2.13. The Morgan fingerprint density at radius 1 is 1.18 bits per heavy atom. The van der Waals surface area contributed by atoms with E-state index in [0.717, 1.165) is 27.7 Å². The molecule has 1 saturated heterocycles. The molecular weight excluding hydrogens is 361 g/mol. The average Bonchev–Trinajstić information content (AvgIpc) is 3.22. The predicted octanol–water partition coefficient (Wildman–Crippen LogP) is 1.88. The number of hydrogen-bond acceptors (Lipinski definition) is 3. The summed E-state index contributed by atoms with van der Waals surface area (Å²) in [5.74, 6) is -0.995. The first kappa shape index (κ1) is 18.2. The largest absolute Gasteiger partial charge is 0.389 e. The van der Waals surface area contributed by atoms with Gasteiger partial charge in [0, 0.05) is 29.6 Å². The lowest BCUT2D eigenvalue weighted by atomic mass is 10.0. The van der Waals surface area contributed by atoms with E-state index in [1.54, 1.807) is 12.1 Å². The lowest BCUT2D eigenvalue weighted by Crippen LogP contribution is -2.45. The number of hydrogen-bond donors (Lipinski definition) is 4. The summed E-state index contributed by atoms with van der Waals surface area (Å²) in [5, 5.41) is 15.9. The first-order valence-electron chi connectivity index (χ1n) is 9.13. The summed E-state index contributed by atoms with van der Waals surface area (Å²) in [6.45, 7) is 0.140. The Morgan fingerprint density at radius 3 is 2.64 bits per heavy atom. The molecule has 2 atom stereocenters. The van der Waals surface area contributed by atoms with Crippen LogP contribution in [-0.4, -0.2) is 40.6 Å². The van der Waals surface area contributed by atoms with Gasteiger partial charge in [0.1, 0.15) is 18.0 Å². The van der Waals surface area contributed by atoms with Crippen LogP contribution in [-0.2, 0) is 16.0 Å². The zero-order chi connectivity index (χ0) is 19.7. The van der Waals surface area contributed by atoms with Gasteiger partial charge in [-0.3, -0.25) is 9.59 Å². The first-order valence-corrected chi connectivity index (χ1v) is 9.13. The quantitative estimate of drug-likeness (QED) is 0.544. The molecule has 2 amide bonds. The summed E-state index contributed by atoms with van der Waals surface area (Å²) in [5.41, 5.74) is 3.56. The summed E-state index contributed by atoms with van der Waals surface area (Å²) < 4.78 is 13.3. The molecule has 0 saturated carbocycles. The Bertz CT molecular complexity index is 1030. The van der Waals surface area contributed by atoms with Gasteiger partial charge in [-0.25, -0.2) is 4.39 Å². The molecule has 1 fully saturated rings. The minimum Gasteiger partial charge on any atom is -0.389 e. The SMILES string of the molecule is O=C(CCc1c(-c2ccc(F)cc2)[nH]c2ccccc12)N[C@@H]1C(=O)NC[C@@H]1O. The molecule has 2 heterocycles. The van der Waals surface area contributed by atoms with E-state index in [2.05, 4.69) is 15.6 Å². The molecule has 0 spiro atoms. The van der Waals surface area contributed by atoms with Crippen LogP contribution in [0.3, 0.4) is 0 Å². The first-order chi connectivity index (χ1) is 13.5. The van der Waals surface area contributed by atoms with E-state index in [-0.39, 0.29) is 30.6 Å². The second-order valence-corrected chi connectivity index (χ2v) is 6.89. The van der Waals surface area contributed by atoms with Gasteiger partial charge in [0.25, 0.3) is 0 Å². The highest BCUT2D eigenvalue weighted by molar-refractivity contribution is 5.92. The number of β-amino-alcohol motifs (C(OH)–C–C–N with tert-alkyl or cyclic N) is 1. The van der Waals surface area contributed by atoms with Crippen molar-refractivity contribution in [3.63, 3.8) is 0 Å². The Balaban J connectivity index is 1.57. The number of H-pyrrole nitrogens is 1. The van der Waals surface area contributed by atoms with Gasteiger partial charge in [0.15, 0.2) is 0 Å². The van der Waals surface area contributed by atoms with E-state index in [4.69, 9.17) is 0 Å². The van der Waals surface area contributed by atoms with Crippen LogP contribution < -0.4 is 10.6 Å². The van der Waals surface area contributed by atoms with Crippen molar-refractivity contribution in [2.45, 2.75) is 25.0 Å². The monoisotopic (exact) mass is 381 g/mol. The highest BCUT2D eigenvalue weighted by Crippen LogP contribution is 2.31. The van der Waals surface area contributed by atoms with Crippen LogP contribution in [0.4, 0.5) is 4.39 Å². The summed E-state index contributed by atoms with van der Waals surface area (Å²) in [6, 6.07) is 13.1. The number of aromatic amines is 1. The number of halogens is 1. The van der Waals surface area contributed by atoms with Crippen molar-refractivity contribution in [1.82, 2.24) is 15.6 Å². The number of aliphatic hydroxyl groups is 1. The highest BCUT2D eigenvalue weighted by atomic mass is 19.1. The Kier molecular flexibility index (Phi) is 4.83. The molecule has 28 heavy (non-hydrogen) atoms. The van der Waals surface area contributed by atoms with Crippen molar-refractivity contribution in [3.8, 4) is 11.3 Å². The molecule has 0 bridgehead atoms. The molecule has 4 rings (SSSR count). The fourth-order valence-corrected chi connectivity index (χ4v) is 3.58. The minimum absolute atomic E-state index is 0.140. The smallest absolute Gasteiger partial charge is 0.245 e. The van der Waals surface area contributed by atoms with Gasteiger partial charge in [0.2, 0.25) is 11.8 Å². The third-order valence-electron chi connectivity index (χ3n) is 5.02. The fraction of sp³-hybridized carbons (Fsp3) is 0.238. The summed E-state index contributed by atoms with van der Waals surface area (Å²) in [6.07, 6.45) is -0.321. The molecule has 0 aliphatic carbocycles. The van der Waals surface area contributed by atoms with Gasteiger partial charge in [-0.1, -0.05) is 18.2 Å². The molecule has 1 aromatic heterocycles. The van der Waals surface area contributed by atoms with E-state index in [9.17, 15) is 19.1 Å². The van der Waals surface area contributed by atoms with Crippen LogP contribution in [0.15, 0.2) is 48.5 Å². The second-order valence-electron chi connectivity index (χ2n) is 6.89. The number of para-hydroxylation sites is 1. The van der Waals surface area contributed by atoms with Crippen LogP contribution in [0.5, 0.6) is 0 Å². The lowest BCUT2D eigenvalue weighted by molar-refractivity contribution is -0.128. The molecule has 4 N–H and O–H groups in total. The van der Waals surface area contributed by atoms with Crippen molar-refractivity contribution >= 4 is 22.7 Å². The molecule has 144 valence electrons. The van der Waals surface area contributed by atoms with E-state index in [0.29, 0.717) is 6.42 Å². The van der Waals surface area contributed by atoms with Crippen molar-refractivity contribution in [2.24, 2.45) is 0 Å². The Morgan fingerprint density at radius 2 is 1.93 bits per heavy atom. The van der Waals surface area contributed by atoms with E-state index >= 15 is 0 Å². The zero-order valence-electron chi connectivity index (χ0n) is 15.0. The Labute approximate surface area is 160 Å². The van der Waals surface area contributed by atoms with Crippen LogP contribution in [0.2, 0.25) is 0 Å². The van der Waals surface area contributed by atoms with E-state index < -0.39 is 12.1 Å². The van der Waals surface area contributed by atoms with Crippen LogP contribution in [0.1, 0.15) is 12.0 Å². The van der Waals surface area contributed by atoms with Crippen molar-refractivity contribution < 1.29 is 19.1 Å². The molecule has 1 aliphatic heterocycles. The zero-order valence-corrected chi connectivity index (χ0v) is 15.0. The number of aromatic nitrogens is 1. The molecule has 7 heteroatoms. The molecule has 3 aromatic rings. The van der Waals surface area contributed by atoms with Gasteiger partial charge in [0.05, 0.1) is 0 Å². The molecule has 2 aromatic carbocycles. The van der Waals surface area contributed by atoms with Crippen molar-refractivity contribution in [1.29, 1.82) is 0 Å². The van der Waals surface area contributed by atoms with Gasteiger partial charge in [-0.05, 0) is 47.9 Å². The third kappa shape index (κ3) is 3.48. The maximum atomic E-state index is 13.3. The summed E-state index contributed by atoms with van der Waals surface area (Å²) >= 11 is 0. The maximum absolute atomic E-state index is 13.3. The van der Waals surface area contributed by atoms with Crippen molar-refractivity contribution in [3.05, 3.63) is 59.9 Å². The molecular formula is C21H20FN3O3. The van der Waals surface area contributed by atoms with E-state index in [1.807, 2.05) is 24.3 Å². The molecule has 1 aliphatic rings. The molecule has 0 unspecified atom stereocenters. The number of benzene rings is 2. The van der Waals surface area contributed by atoms with Crippen LogP contribution >= 0.6 is 0 Å². The number of aryl methyl sites for hydroxylation is 1. The maximum Gasteiger partial charge on any atom is 0.245 e. The number of aliphatic hydroxyl groups excluding tert-OH is 1. The summed E-state index contributed by atoms with van der Waals surface area (Å²) in [4.78, 5) is 27.4. The number of carbonyl (C=O) groups is 2. The predicted molar refractivity (Wildman–Crippen MR) is 103 cm³/mol.